The molecule has 2 aliphatic rings. The van der Waals surface area contributed by atoms with Gasteiger partial charge in [-0.05, 0) is 48.9 Å². The molecular weight excluding hydrogens is 428 g/mol. The molecule has 2 heterocycles. The smallest absolute Gasteiger partial charge is 0.0789 e. The van der Waals surface area contributed by atoms with Gasteiger partial charge in [-0.3, -0.25) is 0 Å². The molecule has 0 saturated heterocycles. The Hall–Kier alpha value is -1.26. The number of benzene rings is 2. The van der Waals surface area contributed by atoms with E-state index in [2.05, 4.69) is 52.0 Å². The number of thioether (sulfide) groups is 2. The lowest BCUT2D eigenvalue weighted by Gasteiger charge is -2.24. The van der Waals surface area contributed by atoms with Crippen LogP contribution in [0.5, 0.6) is 0 Å². The summed E-state index contributed by atoms with van der Waals surface area (Å²) in [4.78, 5) is 13.0. The Bertz CT molecular complexity index is 927. The van der Waals surface area contributed by atoms with E-state index >= 15 is 0 Å². The molecule has 4 rings (SSSR count). The van der Waals surface area contributed by atoms with E-state index in [-0.39, 0.29) is 0 Å². The first-order chi connectivity index (χ1) is 15.7. The summed E-state index contributed by atoms with van der Waals surface area (Å²) in [6.07, 6.45) is 12.5. The standard InChI is InChI=1S/C28H38N2S2/c1-5-9-11-19(7-3)17-25-29-21-13-16-24-28-22(14-15-23(31-25)27(21)28)30-26(32-24)18-20(8-4)12-10-6-2/h13-16,19-20H,5-12,17-18H2,1-4H3. The molecular formula is C28H38N2S2. The Morgan fingerprint density at radius 1 is 0.656 bits per heavy atom. The van der Waals surface area contributed by atoms with E-state index in [4.69, 9.17) is 9.98 Å². The summed E-state index contributed by atoms with van der Waals surface area (Å²) in [6, 6.07) is 9.09. The molecule has 0 radical (unpaired) electrons. The lowest BCUT2D eigenvalue weighted by Crippen LogP contribution is -2.08. The number of hydrogen-bond acceptors (Lipinski definition) is 4. The van der Waals surface area contributed by atoms with Crippen LogP contribution in [0.25, 0.3) is 10.8 Å². The van der Waals surface area contributed by atoms with Crippen molar-refractivity contribution in [2.24, 2.45) is 21.8 Å². The zero-order valence-corrected chi connectivity index (χ0v) is 21.9. The summed E-state index contributed by atoms with van der Waals surface area (Å²) >= 11 is 3.79. The quantitative estimate of drug-likeness (QED) is 0.311. The monoisotopic (exact) mass is 466 g/mol. The van der Waals surface area contributed by atoms with Gasteiger partial charge in [0.2, 0.25) is 0 Å². The lowest BCUT2D eigenvalue weighted by molar-refractivity contribution is 0.468. The topological polar surface area (TPSA) is 24.7 Å². The van der Waals surface area contributed by atoms with Crippen molar-refractivity contribution in [1.29, 1.82) is 0 Å². The third-order valence-corrected chi connectivity index (χ3v) is 9.11. The van der Waals surface area contributed by atoms with Crippen LogP contribution in [0.15, 0.2) is 44.0 Å². The second-order valence-corrected chi connectivity index (χ2v) is 11.6. The lowest BCUT2D eigenvalue weighted by atomic mass is 9.96. The number of rotatable bonds is 12. The largest absolute Gasteiger partial charge is 0.246 e. The third-order valence-electron chi connectivity index (χ3n) is 7.00. The van der Waals surface area contributed by atoms with Gasteiger partial charge in [-0.25, -0.2) is 9.98 Å². The van der Waals surface area contributed by atoms with Crippen LogP contribution in [0.4, 0.5) is 11.4 Å². The predicted molar refractivity (Wildman–Crippen MR) is 146 cm³/mol. The normalized spacial score (nSPS) is 16.6. The summed E-state index contributed by atoms with van der Waals surface area (Å²) in [7, 11) is 0. The van der Waals surface area contributed by atoms with E-state index in [9.17, 15) is 0 Å². The van der Waals surface area contributed by atoms with Crippen LogP contribution in [0.3, 0.4) is 0 Å². The highest BCUT2D eigenvalue weighted by molar-refractivity contribution is 8.14. The summed E-state index contributed by atoms with van der Waals surface area (Å²) in [5.74, 6) is 1.50. The summed E-state index contributed by atoms with van der Waals surface area (Å²) in [5.41, 5.74) is 2.29. The van der Waals surface area contributed by atoms with Gasteiger partial charge >= 0.3 is 0 Å². The molecule has 172 valence electrons. The maximum absolute atomic E-state index is 5.14. The molecule has 0 aromatic heterocycles. The van der Waals surface area contributed by atoms with Gasteiger partial charge in [0.1, 0.15) is 0 Å². The second-order valence-electron chi connectivity index (χ2n) is 9.37. The molecule has 0 N–H and O–H groups in total. The Balaban J connectivity index is 1.60. The van der Waals surface area contributed by atoms with E-state index in [0.29, 0.717) is 0 Å². The van der Waals surface area contributed by atoms with Gasteiger partial charge in [-0.2, -0.15) is 0 Å². The molecule has 0 fully saturated rings. The van der Waals surface area contributed by atoms with Crippen molar-refractivity contribution in [3.8, 4) is 0 Å². The van der Waals surface area contributed by atoms with Gasteiger partial charge in [-0.1, -0.05) is 103 Å². The molecule has 0 spiro atoms. The minimum absolute atomic E-state index is 0.748. The predicted octanol–water partition coefficient (Wildman–Crippen LogP) is 10.3. The van der Waals surface area contributed by atoms with E-state index < -0.39 is 0 Å². The Morgan fingerprint density at radius 3 is 1.47 bits per heavy atom. The molecule has 4 heteroatoms. The first-order valence-corrected chi connectivity index (χ1v) is 14.4. The van der Waals surface area contributed by atoms with E-state index in [1.165, 1.54) is 82.0 Å². The minimum atomic E-state index is 0.748. The summed E-state index contributed by atoms with van der Waals surface area (Å²) < 4.78 is 0. The summed E-state index contributed by atoms with van der Waals surface area (Å²) in [5, 5.41) is 5.23. The first-order valence-electron chi connectivity index (χ1n) is 12.8. The number of aliphatic imine (C=N–C) groups is 2. The number of nitrogens with zero attached hydrogens (tertiary/aromatic N) is 2. The molecule has 2 aromatic carbocycles. The maximum atomic E-state index is 5.14. The van der Waals surface area contributed by atoms with Crippen molar-refractivity contribution in [3.63, 3.8) is 0 Å². The average molecular weight is 467 g/mol. The fourth-order valence-electron chi connectivity index (χ4n) is 4.88. The van der Waals surface area contributed by atoms with Gasteiger partial charge in [-0.15, -0.1) is 0 Å². The molecule has 0 aliphatic carbocycles. The van der Waals surface area contributed by atoms with Crippen LogP contribution < -0.4 is 0 Å². The molecule has 32 heavy (non-hydrogen) atoms. The summed E-state index contributed by atoms with van der Waals surface area (Å²) in [6.45, 7) is 9.22. The van der Waals surface area contributed by atoms with Gasteiger partial charge in [0.15, 0.2) is 0 Å². The fraction of sp³-hybridized carbons (Fsp3) is 0.571. The van der Waals surface area contributed by atoms with Crippen molar-refractivity contribution in [2.75, 3.05) is 0 Å². The van der Waals surface area contributed by atoms with E-state index in [1.54, 1.807) is 0 Å². The Morgan fingerprint density at radius 2 is 1.09 bits per heavy atom. The molecule has 0 bridgehead atoms. The van der Waals surface area contributed by atoms with Crippen LogP contribution in [0.2, 0.25) is 0 Å². The van der Waals surface area contributed by atoms with Crippen molar-refractivity contribution in [2.45, 2.75) is 102 Å². The zero-order valence-electron chi connectivity index (χ0n) is 20.2. The minimum Gasteiger partial charge on any atom is -0.246 e. The van der Waals surface area contributed by atoms with Gasteiger partial charge in [0.05, 0.1) is 21.5 Å². The van der Waals surface area contributed by atoms with Gasteiger partial charge in [0, 0.05) is 20.6 Å². The van der Waals surface area contributed by atoms with Crippen molar-refractivity contribution in [3.05, 3.63) is 24.3 Å². The second kappa shape index (κ2) is 11.2. The highest BCUT2D eigenvalue weighted by atomic mass is 32.2. The molecule has 2 aliphatic heterocycles. The van der Waals surface area contributed by atoms with Gasteiger partial charge < -0.3 is 0 Å². The third kappa shape index (κ3) is 5.28. The van der Waals surface area contributed by atoms with Crippen LogP contribution in [-0.4, -0.2) is 10.1 Å². The molecule has 2 aromatic rings. The van der Waals surface area contributed by atoms with E-state index in [1.807, 2.05) is 23.5 Å². The van der Waals surface area contributed by atoms with Crippen molar-refractivity contribution < 1.29 is 0 Å². The Kier molecular flexibility index (Phi) is 8.39. The average Bonchev–Trinajstić information content (AvgIpc) is 2.82. The van der Waals surface area contributed by atoms with Crippen LogP contribution in [0.1, 0.15) is 91.9 Å². The van der Waals surface area contributed by atoms with Crippen LogP contribution >= 0.6 is 23.5 Å². The van der Waals surface area contributed by atoms with Gasteiger partial charge in [0.25, 0.3) is 0 Å². The number of unbranched alkanes of at least 4 members (excludes halogenated alkanes) is 2. The van der Waals surface area contributed by atoms with Crippen molar-refractivity contribution in [1.82, 2.24) is 0 Å². The maximum Gasteiger partial charge on any atom is 0.0789 e. The van der Waals surface area contributed by atoms with E-state index in [0.717, 1.165) is 36.1 Å². The molecule has 2 unspecified atom stereocenters. The first kappa shape index (κ1) is 23.9. The number of hydrogen-bond donors (Lipinski definition) is 0. The SMILES string of the molecule is CCCCC(CC)CC1=Nc2ccc3c4c(ccc(c24)S1)N=C(CC(CC)CCCC)S3. The molecule has 2 nitrogen and oxygen atoms in total. The molecule has 2 atom stereocenters. The molecule has 0 amide bonds. The van der Waals surface area contributed by atoms with Crippen LogP contribution in [0, 0.1) is 11.8 Å². The van der Waals surface area contributed by atoms with Crippen molar-refractivity contribution >= 4 is 55.8 Å². The Labute approximate surface area is 203 Å². The fourth-order valence-corrected chi connectivity index (χ4v) is 7.20. The van der Waals surface area contributed by atoms with Crippen LogP contribution in [-0.2, 0) is 0 Å². The highest BCUT2D eigenvalue weighted by Crippen LogP contribution is 2.50. The highest BCUT2D eigenvalue weighted by Gasteiger charge is 2.25. The zero-order chi connectivity index (χ0) is 22.5. The molecule has 0 saturated carbocycles.